The van der Waals surface area contributed by atoms with Crippen LogP contribution in [0.4, 0.5) is 0 Å². The van der Waals surface area contributed by atoms with Gasteiger partial charge in [0.05, 0.1) is 18.6 Å². The van der Waals surface area contributed by atoms with E-state index < -0.39 is 0 Å². The minimum atomic E-state index is -0.208. The van der Waals surface area contributed by atoms with Crippen LogP contribution in [-0.2, 0) is 17.6 Å². The molecule has 1 atom stereocenters. The van der Waals surface area contributed by atoms with E-state index in [9.17, 15) is 9.90 Å². The highest BCUT2D eigenvalue weighted by Gasteiger charge is 2.30. The zero-order chi connectivity index (χ0) is 19.2. The maximum absolute atomic E-state index is 12.2. The fourth-order valence-corrected chi connectivity index (χ4v) is 3.60. The summed E-state index contributed by atoms with van der Waals surface area (Å²) >= 11 is 1.38. The van der Waals surface area contributed by atoms with Gasteiger partial charge in [0, 0.05) is 0 Å². The van der Waals surface area contributed by atoms with Crippen molar-refractivity contribution in [2.24, 2.45) is 10.2 Å². The van der Waals surface area contributed by atoms with E-state index in [0.29, 0.717) is 17.3 Å². The number of phenols is 1. The molecule has 140 valence electrons. The van der Waals surface area contributed by atoms with Gasteiger partial charge in [0.2, 0.25) is 5.91 Å². The number of hydrogen-bond donors (Lipinski definition) is 2. The molecule has 0 unspecified atom stereocenters. The number of aromatic hydroxyl groups is 1. The molecule has 0 spiro atoms. The van der Waals surface area contributed by atoms with Crippen LogP contribution >= 0.6 is 11.8 Å². The molecule has 0 saturated carbocycles. The first-order valence-electron chi connectivity index (χ1n) is 8.62. The summed E-state index contributed by atoms with van der Waals surface area (Å²) < 4.78 is 5.06. The lowest BCUT2D eigenvalue weighted by atomic mass is 10.1. The quantitative estimate of drug-likeness (QED) is 0.593. The second-order valence-corrected chi connectivity index (χ2v) is 7.24. The largest absolute Gasteiger partial charge is 0.504 e. The Balaban J connectivity index is 1.62. The Bertz CT molecular complexity index is 879. The predicted molar refractivity (Wildman–Crippen MR) is 109 cm³/mol. The molecule has 6 nitrogen and oxygen atoms in total. The fraction of sp³-hybridized carbons (Fsp3) is 0.250. The van der Waals surface area contributed by atoms with Crippen LogP contribution in [0.2, 0.25) is 0 Å². The number of thioether (sulfide) groups is 1. The van der Waals surface area contributed by atoms with Crippen molar-refractivity contribution in [3.63, 3.8) is 0 Å². The van der Waals surface area contributed by atoms with Gasteiger partial charge < -0.3 is 15.2 Å². The molecule has 1 heterocycles. The second kappa shape index (κ2) is 8.73. The van der Waals surface area contributed by atoms with E-state index in [2.05, 4.69) is 46.7 Å². The van der Waals surface area contributed by atoms with Crippen LogP contribution < -0.4 is 10.1 Å². The molecule has 27 heavy (non-hydrogen) atoms. The van der Waals surface area contributed by atoms with Crippen LogP contribution in [0, 0.1) is 0 Å². The van der Waals surface area contributed by atoms with Gasteiger partial charge in [-0.25, -0.2) is 0 Å². The number of carbonyl (C=O) groups excluding carboxylic acids is 1. The molecule has 2 aromatic rings. The lowest BCUT2D eigenvalue weighted by Crippen LogP contribution is -2.25. The van der Waals surface area contributed by atoms with Crippen LogP contribution in [0.1, 0.15) is 23.6 Å². The number of amidine groups is 1. The van der Waals surface area contributed by atoms with Gasteiger partial charge in [0.15, 0.2) is 16.7 Å². The number of aryl methyl sites for hydroxylation is 1. The maximum atomic E-state index is 12.2. The molecule has 3 rings (SSSR count). The third-order valence-corrected chi connectivity index (χ3v) is 5.26. The summed E-state index contributed by atoms with van der Waals surface area (Å²) in [6.45, 7) is 2.12. The molecule has 0 aliphatic carbocycles. The topological polar surface area (TPSA) is 83.3 Å². The number of ether oxygens (including phenoxy) is 1. The summed E-state index contributed by atoms with van der Waals surface area (Å²) in [5, 5.41) is 20.7. The molecule has 1 saturated heterocycles. The highest BCUT2D eigenvalue weighted by molar-refractivity contribution is 8.15. The van der Waals surface area contributed by atoms with E-state index in [4.69, 9.17) is 4.74 Å². The number of hydrogen-bond acceptors (Lipinski definition) is 6. The van der Waals surface area contributed by atoms with E-state index >= 15 is 0 Å². The molecule has 0 aromatic heterocycles. The molecule has 2 N–H and O–H groups in total. The predicted octanol–water partition coefficient (Wildman–Crippen LogP) is 3.13. The molecular formula is C20H21N3O3S. The molecule has 0 bridgehead atoms. The average molecular weight is 383 g/mol. The molecule has 0 radical (unpaired) electrons. The first-order valence-corrected chi connectivity index (χ1v) is 9.50. The zero-order valence-corrected chi connectivity index (χ0v) is 16.0. The number of benzene rings is 2. The molecule has 1 amide bonds. The van der Waals surface area contributed by atoms with Crippen molar-refractivity contribution in [1.82, 2.24) is 5.32 Å². The minimum Gasteiger partial charge on any atom is -0.504 e. The number of methoxy groups -OCH3 is 1. The molecule has 1 aliphatic heterocycles. The molecular weight excluding hydrogens is 362 g/mol. The normalized spacial score (nSPS) is 18.2. The van der Waals surface area contributed by atoms with Gasteiger partial charge >= 0.3 is 0 Å². The number of carbonyl (C=O) groups is 1. The lowest BCUT2D eigenvalue weighted by molar-refractivity contribution is -0.118. The van der Waals surface area contributed by atoms with Crippen molar-refractivity contribution in [1.29, 1.82) is 0 Å². The SMILES string of the molecule is CCc1ccc(C[C@H]2S/C(=N\N=C\c3ccc(O)c(OC)c3)NC2=O)cc1. The number of nitrogens with zero attached hydrogens (tertiary/aromatic N) is 2. The lowest BCUT2D eigenvalue weighted by Gasteiger charge is -2.06. The van der Waals surface area contributed by atoms with Crippen molar-refractivity contribution in [3.05, 3.63) is 59.2 Å². The van der Waals surface area contributed by atoms with Gasteiger partial charge in [-0.05, 0) is 47.7 Å². The van der Waals surface area contributed by atoms with Gasteiger partial charge in [-0.15, -0.1) is 5.10 Å². The fourth-order valence-electron chi connectivity index (χ4n) is 2.63. The highest BCUT2D eigenvalue weighted by Crippen LogP contribution is 2.26. The Morgan fingerprint density at radius 2 is 1.96 bits per heavy atom. The van der Waals surface area contributed by atoms with Crippen LogP contribution in [0.25, 0.3) is 0 Å². The summed E-state index contributed by atoms with van der Waals surface area (Å²) in [5.41, 5.74) is 3.14. The van der Waals surface area contributed by atoms with Gasteiger partial charge in [-0.1, -0.05) is 43.0 Å². The first kappa shape index (κ1) is 19.0. The van der Waals surface area contributed by atoms with E-state index in [-0.39, 0.29) is 16.9 Å². The van der Waals surface area contributed by atoms with Crippen molar-refractivity contribution in [3.8, 4) is 11.5 Å². The van der Waals surface area contributed by atoms with Crippen molar-refractivity contribution < 1.29 is 14.6 Å². The summed E-state index contributed by atoms with van der Waals surface area (Å²) in [4.78, 5) is 12.2. The van der Waals surface area contributed by atoms with Gasteiger partial charge in [0.1, 0.15) is 0 Å². The van der Waals surface area contributed by atoms with Crippen LogP contribution in [-0.4, -0.2) is 34.8 Å². The third-order valence-electron chi connectivity index (χ3n) is 4.19. The maximum Gasteiger partial charge on any atom is 0.239 e. The number of phenolic OH excluding ortho intramolecular Hbond substituents is 1. The first-order chi connectivity index (χ1) is 13.1. The van der Waals surface area contributed by atoms with Gasteiger partial charge in [0.25, 0.3) is 0 Å². The zero-order valence-electron chi connectivity index (χ0n) is 15.2. The molecule has 2 aromatic carbocycles. The van der Waals surface area contributed by atoms with Crippen LogP contribution in [0.5, 0.6) is 11.5 Å². The number of amides is 1. The Hall–Kier alpha value is -2.80. The van der Waals surface area contributed by atoms with E-state index in [1.807, 2.05) is 0 Å². The Morgan fingerprint density at radius 3 is 2.67 bits per heavy atom. The average Bonchev–Trinajstić information content (AvgIpc) is 3.03. The van der Waals surface area contributed by atoms with E-state index in [1.54, 1.807) is 18.3 Å². The van der Waals surface area contributed by atoms with E-state index in [0.717, 1.165) is 17.5 Å². The Labute approximate surface area is 162 Å². The Morgan fingerprint density at radius 1 is 1.22 bits per heavy atom. The van der Waals surface area contributed by atoms with Gasteiger partial charge in [-0.2, -0.15) is 5.10 Å². The molecule has 1 fully saturated rings. The summed E-state index contributed by atoms with van der Waals surface area (Å²) in [5.74, 6) is 0.374. The highest BCUT2D eigenvalue weighted by atomic mass is 32.2. The number of rotatable bonds is 6. The van der Waals surface area contributed by atoms with E-state index in [1.165, 1.54) is 30.5 Å². The Kier molecular flexibility index (Phi) is 6.13. The summed E-state index contributed by atoms with van der Waals surface area (Å²) in [7, 11) is 1.48. The summed E-state index contributed by atoms with van der Waals surface area (Å²) in [6.07, 6.45) is 3.19. The van der Waals surface area contributed by atoms with Gasteiger partial charge in [-0.3, -0.25) is 4.79 Å². The van der Waals surface area contributed by atoms with Crippen LogP contribution in [0.3, 0.4) is 0 Å². The monoisotopic (exact) mass is 383 g/mol. The third kappa shape index (κ3) is 4.89. The molecule has 1 aliphatic rings. The van der Waals surface area contributed by atoms with Crippen molar-refractivity contribution in [2.45, 2.75) is 25.0 Å². The standard InChI is InChI=1S/C20H21N3O3S/c1-3-13-4-6-14(7-5-13)11-18-19(25)22-20(27-18)23-21-12-15-8-9-16(24)17(10-15)26-2/h4-10,12,18,24H,3,11H2,1-2H3,(H,22,23,25)/b21-12+/t18-/m1/s1. The smallest absolute Gasteiger partial charge is 0.239 e. The van der Waals surface area contributed by atoms with Crippen molar-refractivity contribution >= 4 is 29.1 Å². The van der Waals surface area contributed by atoms with Crippen molar-refractivity contribution in [2.75, 3.05) is 7.11 Å². The minimum absolute atomic E-state index is 0.0557. The van der Waals surface area contributed by atoms with Crippen LogP contribution in [0.15, 0.2) is 52.7 Å². The number of nitrogens with one attached hydrogen (secondary N) is 1. The molecule has 7 heteroatoms. The second-order valence-electron chi connectivity index (χ2n) is 6.05. The summed E-state index contributed by atoms with van der Waals surface area (Å²) in [6, 6.07) is 13.2.